The third-order valence-electron chi connectivity index (χ3n) is 14.5. The number of ether oxygens (including phenoxy) is 1. The Hall–Kier alpha value is -9.31. The zero-order valence-corrected chi connectivity index (χ0v) is 52.1. The largest absolute Gasteiger partial charge is 0.508 e. The highest BCUT2D eigenvalue weighted by atomic mass is 32.1. The van der Waals surface area contributed by atoms with E-state index in [9.17, 15) is 48.9 Å². The summed E-state index contributed by atoms with van der Waals surface area (Å²) in [5.74, 6) is -6.15. The monoisotopic (exact) mass is 1330 g/mol. The van der Waals surface area contributed by atoms with Gasteiger partial charge in [0.1, 0.15) is 99.9 Å². The van der Waals surface area contributed by atoms with Crippen LogP contribution < -0.4 is 32.7 Å². The zero-order valence-electron chi connectivity index (χ0n) is 47.2. The summed E-state index contributed by atoms with van der Waals surface area (Å²) in [6.07, 6.45) is -3.85. The van der Waals surface area contributed by atoms with Crippen molar-refractivity contribution in [3.63, 3.8) is 0 Å². The lowest BCUT2D eigenvalue weighted by Crippen LogP contribution is -2.50. The van der Waals surface area contributed by atoms with E-state index in [1.165, 1.54) is 55.8 Å². The molecule has 9 heterocycles. The van der Waals surface area contributed by atoms with Crippen molar-refractivity contribution in [2.75, 3.05) is 13.1 Å². The molecule has 7 amide bonds. The number of carbonyl (C=O) groups is 8. The van der Waals surface area contributed by atoms with E-state index in [1.807, 2.05) is 0 Å². The first-order valence-corrected chi connectivity index (χ1v) is 32.7. The average molecular weight is 1330 g/mol. The van der Waals surface area contributed by atoms with Crippen LogP contribution in [0, 0.1) is 12.8 Å². The normalized spacial score (nSPS) is 19.0. The van der Waals surface area contributed by atoms with E-state index in [1.54, 1.807) is 79.2 Å². The zero-order chi connectivity index (χ0) is 63.5. The molecule has 0 spiro atoms. The fourth-order valence-corrected chi connectivity index (χ4v) is 15.4. The van der Waals surface area contributed by atoms with Crippen LogP contribution in [0.2, 0.25) is 0 Å². The Morgan fingerprint density at radius 1 is 0.700 bits per heavy atom. The SMILES string of the molecule is Cc1sc2nc1C(=O)N[C@@H]([C@H](O)c1ccccc1)c1nc(cs1)C(=O)N[C@@H](Cc1ccc(O)cc1)C(=O)N1C[C@H](OC(=O)NCCCC(=O)O)[C@H](C)[C@H]1c1nc(cs1)-c1nc(cs1)-c1nc(-c3nc(C(N)=O)cs3)ccc1-c1nc(cs1)C(=O)N[C@H]2CC(N)=O. The van der Waals surface area contributed by atoms with Gasteiger partial charge in [0.25, 0.3) is 23.6 Å². The van der Waals surface area contributed by atoms with Crippen molar-refractivity contribution in [1.82, 2.24) is 61.1 Å². The topological polar surface area (TPSA) is 400 Å². The molecule has 2 aliphatic heterocycles. The maximum atomic E-state index is 15.6. The number of primary amides is 2. The molecule has 1 fully saturated rings. The van der Waals surface area contributed by atoms with E-state index in [-0.39, 0.29) is 70.9 Å². The lowest BCUT2D eigenvalue weighted by molar-refractivity contribution is -0.137. The number of fused-ring (bicyclic) bond motifs is 16. The lowest BCUT2D eigenvalue weighted by atomic mass is 10.00. The number of phenols is 1. The van der Waals surface area contributed by atoms with Crippen LogP contribution in [0.4, 0.5) is 4.79 Å². The number of thiazole rings is 6. The van der Waals surface area contributed by atoms with Gasteiger partial charge in [0.2, 0.25) is 11.8 Å². The van der Waals surface area contributed by atoms with Gasteiger partial charge in [-0.15, -0.1) is 68.0 Å². The average Bonchev–Trinajstić information content (AvgIpc) is 1.73. The molecular formula is C58H52N14O12S6. The number of hydrogen-bond donors (Lipinski definition) is 9. The standard InChI is InChI=1S/C58H52N14O12S6/c1-25-39(84-58(83)61-16-6-9-41(75)76)19-72-45(25)56-69-38(24-89-56)53-65-34(20-86-53)43-30(14-15-31(62-43)52-66-35(21-87-52)47(60)78)51-67-36(22-85-51)48(79)63-32(18-40(59)74)54-71-42(26(2)90-54)50(81)70-44(46(77)28-7-4-3-5-8-28)55-68-37(23-88-55)49(80)64-33(57(72)82)17-27-10-12-29(73)13-11-27/h3-5,7-8,10-15,20-25,32-33,39,44-46,73,77H,6,9,16-19H2,1-2H3,(H2,59,74)(H2,60,78)(H,61,83)(H,63,79)(H,64,80)(H,70,81)(H,75,76)/t25-,32-,33-,39-,44-,45-,46+/m0/s1. The number of amides is 7. The molecule has 1 saturated heterocycles. The van der Waals surface area contributed by atoms with Gasteiger partial charge in [0.15, 0.2) is 0 Å². The molecule has 0 aliphatic carbocycles. The number of phenolic OH excluding ortho intramolecular Hbond substituents is 1. The van der Waals surface area contributed by atoms with Crippen LogP contribution >= 0.6 is 68.0 Å². The summed E-state index contributed by atoms with van der Waals surface area (Å²) in [6.45, 7) is 3.22. The lowest BCUT2D eigenvalue weighted by Gasteiger charge is -2.29. The van der Waals surface area contributed by atoms with Crippen molar-refractivity contribution < 1.29 is 58.4 Å². The Bertz CT molecular complexity index is 4220. The van der Waals surface area contributed by atoms with Crippen LogP contribution in [0.3, 0.4) is 0 Å². The van der Waals surface area contributed by atoms with Gasteiger partial charge in [0, 0.05) is 62.6 Å². The number of pyridine rings is 1. The van der Waals surface area contributed by atoms with Gasteiger partial charge in [-0.25, -0.2) is 39.7 Å². The number of aromatic nitrogens is 7. The third kappa shape index (κ3) is 13.8. The maximum absolute atomic E-state index is 15.6. The predicted molar refractivity (Wildman–Crippen MR) is 334 cm³/mol. The van der Waals surface area contributed by atoms with Gasteiger partial charge in [-0.05, 0) is 48.7 Å². The molecule has 7 aromatic heterocycles. The van der Waals surface area contributed by atoms with E-state index < -0.39 is 96.2 Å². The minimum atomic E-state index is -1.45. The summed E-state index contributed by atoms with van der Waals surface area (Å²) >= 11 is 6.67. The molecule has 462 valence electrons. The quantitative estimate of drug-likeness (QED) is 0.0525. The predicted octanol–water partition coefficient (Wildman–Crippen LogP) is 6.99. The highest BCUT2D eigenvalue weighted by molar-refractivity contribution is 7.15. The number of benzene rings is 2. The minimum absolute atomic E-state index is 0.00178. The van der Waals surface area contributed by atoms with Crippen LogP contribution in [0.25, 0.3) is 43.4 Å². The van der Waals surface area contributed by atoms with Gasteiger partial charge < -0.3 is 57.7 Å². The summed E-state index contributed by atoms with van der Waals surface area (Å²) < 4.78 is 5.97. The van der Waals surface area contributed by atoms with E-state index in [4.69, 9.17) is 36.1 Å². The van der Waals surface area contributed by atoms with E-state index in [0.717, 1.165) is 45.3 Å². The van der Waals surface area contributed by atoms with Crippen LogP contribution in [0.1, 0.15) is 123 Å². The van der Waals surface area contributed by atoms with Crippen LogP contribution in [0.5, 0.6) is 5.75 Å². The number of aliphatic hydroxyl groups is 1. The first-order chi connectivity index (χ1) is 43.2. The second-order valence-corrected chi connectivity index (χ2v) is 26.3. The third-order valence-corrected chi connectivity index (χ3v) is 20.1. The molecule has 9 aromatic rings. The maximum Gasteiger partial charge on any atom is 0.407 e. The number of aromatic hydroxyl groups is 1. The number of alkyl carbamates (subject to hydrolysis) is 1. The molecule has 2 aromatic carbocycles. The fourth-order valence-electron chi connectivity index (χ4n) is 10.0. The number of carboxylic acids is 1. The molecule has 90 heavy (non-hydrogen) atoms. The van der Waals surface area contributed by atoms with E-state index in [0.29, 0.717) is 64.4 Å². The van der Waals surface area contributed by atoms with Gasteiger partial charge in [0.05, 0.1) is 30.7 Å². The number of carbonyl (C=O) groups excluding carboxylic acids is 7. The van der Waals surface area contributed by atoms with Crippen molar-refractivity contribution in [3.05, 3.63) is 147 Å². The number of rotatable bonds is 13. The van der Waals surface area contributed by atoms with Gasteiger partial charge >= 0.3 is 12.1 Å². The van der Waals surface area contributed by atoms with Crippen molar-refractivity contribution >= 4 is 116 Å². The van der Waals surface area contributed by atoms with Gasteiger partial charge in [-0.2, -0.15) is 0 Å². The highest BCUT2D eigenvalue weighted by Gasteiger charge is 2.48. The van der Waals surface area contributed by atoms with E-state index in [2.05, 4.69) is 36.2 Å². The molecule has 0 unspecified atom stereocenters. The number of aliphatic carboxylic acids is 1. The number of nitrogens with zero attached hydrogens (tertiary/aromatic N) is 8. The minimum Gasteiger partial charge on any atom is -0.508 e. The fraction of sp³-hybridized carbons (Fsp3) is 0.259. The number of aryl methyl sites for hydroxylation is 1. The summed E-state index contributed by atoms with van der Waals surface area (Å²) in [5.41, 5.74) is 13.8. The Kier molecular flexibility index (Phi) is 18.6. The molecule has 0 saturated carbocycles. The van der Waals surface area contributed by atoms with Crippen molar-refractivity contribution in [2.45, 2.75) is 75.9 Å². The first kappa shape index (κ1) is 62.3. The smallest absolute Gasteiger partial charge is 0.407 e. The molecular weight excluding hydrogens is 1280 g/mol. The molecule has 26 nitrogen and oxygen atoms in total. The number of hydrogen-bond acceptors (Lipinski definition) is 24. The molecule has 10 bridgehead atoms. The Morgan fingerprint density at radius 3 is 2.09 bits per heavy atom. The molecule has 7 atom stereocenters. The first-order valence-electron chi connectivity index (χ1n) is 27.5. The van der Waals surface area contributed by atoms with Crippen molar-refractivity contribution in [2.24, 2.45) is 17.4 Å². The van der Waals surface area contributed by atoms with Crippen LogP contribution in [0.15, 0.2) is 93.6 Å². The molecule has 11 rings (SSSR count). The van der Waals surface area contributed by atoms with E-state index >= 15 is 4.79 Å². The van der Waals surface area contributed by atoms with Gasteiger partial charge in [-0.1, -0.05) is 49.4 Å². The van der Waals surface area contributed by atoms with Crippen LogP contribution in [-0.2, 0) is 25.5 Å². The van der Waals surface area contributed by atoms with Crippen molar-refractivity contribution in [3.8, 4) is 49.1 Å². The number of carboxylic acid groups (broad SMARTS) is 1. The second kappa shape index (κ2) is 26.8. The molecule has 11 N–H and O–H groups in total. The second-order valence-electron chi connectivity index (χ2n) is 20.7. The number of aliphatic hydroxyl groups excluding tert-OH is 1. The number of nitrogens with one attached hydrogen (secondary N) is 4. The highest BCUT2D eigenvalue weighted by Crippen LogP contribution is 2.44. The van der Waals surface area contributed by atoms with Gasteiger partial charge in [-0.3, -0.25) is 33.6 Å². The number of nitrogens with two attached hydrogens (primary N) is 2. The molecule has 0 radical (unpaired) electrons. The molecule has 32 heteroatoms. The van der Waals surface area contributed by atoms with Crippen molar-refractivity contribution in [1.29, 1.82) is 0 Å². The summed E-state index contributed by atoms with van der Waals surface area (Å²) in [4.78, 5) is 144. The Balaban J connectivity index is 1.02. The summed E-state index contributed by atoms with van der Waals surface area (Å²) in [5, 5.41) is 52.3. The molecule has 2 aliphatic rings. The summed E-state index contributed by atoms with van der Waals surface area (Å²) in [7, 11) is 0. The Morgan fingerprint density at radius 2 is 1.36 bits per heavy atom. The van der Waals surface area contributed by atoms with Crippen LogP contribution in [-0.4, -0.2) is 128 Å². The Labute approximate surface area is 534 Å². The summed E-state index contributed by atoms with van der Waals surface area (Å²) in [6, 6.07) is 13.2.